The van der Waals surface area contributed by atoms with Gasteiger partial charge in [0.2, 0.25) is 0 Å². The van der Waals surface area contributed by atoms with Crippen LogP contribution in [0.3, 0.4) is 0 Å². The molecule has 0 amide bonds. The molecule has 0 fully saturated rings. The van der Waals surface area contributed by atoms with Crippen molar-refractivity contribution in [3.8, 4) is 5.75 Å². The van der Waals surface area contributed by atoms with Crippen LogP contribution in [0.2, 0.25) is 5.02 Å². The summed E-state index contributed by atoms with van der Waals surface area (Å²) in [7, 11) is 0. The van der Waals surface area contributed by atoms with Crippen LogP contribution in [-0.2, 0) is 5.41 Å². The molecule has 0 atom stereocenters. The minimum Gasteiger partial charge on any atom is -0.504 e. The van der Waals surface area contributed by atoms with Gasteiger partial charge in [0, 0.05) is 6.07 Å². The van der Waals surface area contributed by atoms with Gasteiger partial charge in [0.05, 0.1) is 9.95 Å². The molecule has 27 heavy (non-hydrogen) atoms. The van der Waals surface area contributed by atoms with Gasteiger partial charge >= 0.3 is 0 Å². The molecular formula is C20H24ClN3O3. The quantitative estimate of drug-likeness (QED) is 0.223. The number of halogens is 1. The van der Waals surface area contributed by atoms with E-state index in [2.05, 4.69) is 31.0 Å². The molecule has 6 nitrogen and oxygen atoms in total. The summed E-state index contributed by atoms with van der Waals surface area (Å²) in [6, 6.07) is 9.54. The molecule has 0 saturated carbocycles. The van der Waals surface area contributed by atoms with Crippen molar-refractivity contribution in [1.29, 1.82) is 0 Å². The second kappa shape index (κ2) is 8.95. The minimum atomic E-state index is -0.519. The second-order valence-corrected chi connectivity index (χ2v) is 7.52. The Morgan fingerprint density at radius 1 is 1.15 bits per heavy atom. The van der Waals surface area contributed by atoms with E-state index in [0.29, 0.717) is 0 Å². The van der Waals surface area contributed by atoms with Crippen LogP contribution in [0.4, 0.5) is 17.1 Å². The number of unbranched alkanes of at least 4 members (excludes halogenated alkanes) is 2. The summed E-state index contributed by atoms with van der Waals surface area (Å²) < 4.78 is 0. The fraction of sp³-hybridized carbons (Fsp3) is 0.400. The molecule has 2 aromatic rings. The Hall–Kier alpha value is -2.47. The molecule has 7 heteroatoms. The van der Waals surface area contributed by atoms with Gasteiger partial charge in [0.1, 0.15) is 5.69 Å². The highest BCUT2D eigenvalue weighted by molar-refractivity contribution is 6.32. The Kier molecular flexibility index (Phi) is 6.91. The van der Waals surface area contributed by atoms with Crippen LogP contribution in [0.1, 0.15) is 52.0 Å². The van der Waals surface area contributed by atoms with Crippen molar-refractivity contribution in [2.45, 2.75) is 51.9 Å². The van der Waals surface area contributed by atoms with Crippen LogP contribution in [0.5, 0.6) is 5.75 Å². The molecule has 2 aromatic carbocycles. The van der Waals surface area contributed by atoms with Crippen molar-refractivity contribution < 1.29 is 10.0 Å². The van der Waals surface area contributed by atoms with Crippen molar-refractivity contribution in [2.75, 3.05) is 0 Å². The standard InChI is InChI=1S/C20H24ClN3O3/c1-4-5-8-11-20(2,3)14-12-15(21)19(25)17(13-14)23-22-16-9-6-7-10-18(16)24(26)27/h6-7,9-10,12-13,25H,4-5,8,11H2,1-3H3. The van der Waals surface area contributed by atoms with Crippen LogP contribution in [-0.4, -0.2) is 10.0 Å². The van der Waals surface area contributed by atoms with Gasteiger partial charge in [0.15, 0.2) is 11.4 Å². The molecule has 0 unspecified atom stereocenters. The number of nitrogens with zero attached hydrogens (tertiary/aromatic N) is 3. The van der Waals surface area contributed by atoms with Gasteiger partial charge in [0.25, 0.3) is 5.69 Å². The molecule has 0 bridgehead atoms. The van der Waals surface area contributed by atoms with Gasteiger partial charge in [-0.2, -0.15) is 0 Å². The highest BCUT2D eigenvalue weighted by atomic mass is 35.5. The largest absolute Gasteiger partial charge is 0.504 e. The highest BCUT2D eigenvalue weighted by Gasteiger charge is 2.23. The van der Waals surface area contributed by atoms with E-state index in [1.54, 1.807) is 24.3 Å². The lowest BCUT2D eigenvalue weighted by Gasteiger charge is -2.26. The SMILES string of the molecule is CCCCCC(C)(C)c1cc(Cl)c(O)c(N=Nc2ccccc2[N+](=O)[O-])c1. The number of benzene rings is 2. The molecule has 2 rings (SSSR count). The van der Waals surface area contributed by atoms with E-state index in [4.69, 9.17) is 11.6 Å². The summed E-state index contributed by atoms with van der Waals surface area (Å²) in [6.45, 7) is 6.40. The minimum absolute atomic E-state index is 0.116. The molecule has 1 N–H and O–H groups in total. The van der Waals surface area contributed by atoms with Gasteiger partial charge < -0.3 is 5.11 Å². The van der Waals surface area contributed by atoms with Crippen LogP contribution < -0.4 is 0 Å². The van der Waals surface area contributed by atoms with Crippen LogP contribution >= 0.6 is 11.6 Å². The zero-order valence-corrected chi connectivity index (χ0v) is 16.5. The molecule has 0 radical (unpaired) electrons. The van der Waals surface area contributed by atoms with Crippen LogP contribution in [0.15, 0.2) is 46.6 Å². The first kappa shape index (κ1) is 20.8. The number of phenols is 1. The van der Waals surface area contributed by atoms with Gasteiger partial charge in [-0.15, -0.1) is 10.2 Å². The molecule has 0 heterocycles. The predicted molar refractivity (Wildman–Crippen MR) is 108 cm³/mol. The first-order valence-electron chi connectivity index (χ1n) is 8.94. The normalized spacial score (nSPS) is 11.9. The van der Waals surface area contributed by atoms with Gasteiger partial charge in [-0.05, 0) is 35.6 Å². The number of hydrogen-bond acceptors (Lipinski definition) is 5. The Morgan fingerprint density at radius 3 is 2.48 bits per heavy atom. The Morgan fingerprint density at radius 2 is 1.81 bits per heavy atom. The fourth-order valence-corrected chi connectivity index (χ4v) is 3.04. The summed E-state index contributed by atoms with van der Waals surface area (Å²) >= 11 is 6.19. The monoisotopic (exact) mass is 389 g/mol. The average Bonchev–Trinajstić information content (AvgIpc) is 2.63. The van der Waals surface area contributed by atoms with Gasteiger partial charge in [-0.1, -0.05) is 63.8 Å². The molecule has 0 aromatic heterocycles. The molecule has 0 aliphatic rings. The number of azo groups is 1. The number of phenolic OH excluding ortho intramolecular Hbond substituents is 1. The molecule has 144 valence electrons. The number of nitro groups is 1. The number of para-hydroxylation sites is 1. The van der Waals surface area contributed by atoms with Crippen molar-refractivity contribution in [2.24, 2.45) is 10.2 Å². The molecular weight excluding hydrogens is 366 g/mol. The van der Waals surface area contributed by atoms with E-state index in [-0.39, 0.29) is 33.2 Å². The first-order valence-corrected chi connectivity index (χ1v) is 9.32. The maximum atomic E-state index is 11.1. The van der Waals surface area contributed by atoms with Crippen molar-refractivity contribution in [3.63, 3.8) is 0 Å². The molecule has 0 spiro atoms. The smallest absolute Gasteiger partial charge is 0.296 e. The summed E-state index contributed by atoms with van der Waals surface area (Å²) in [5.41, 5.74) is 0.959. The first-order chi connectivity index (χ1) is 12.8. The summed E-state index contributed by atoms with van der Waals surface area (Å²) in [5, 5.41) is 29.5. The van der Waals surface area contributed by atoms with Crippen LogP contribution in [0.25, 0.3) is 0 Å². The lowest BCUT2D eigenvalue weighted by molar-refractivity contribution is -0.384. The molecule has 0 aliphatic heterocycles. The third kappa shape index (κ3) is 5.26. The van der Waals surface area contributed by atoms with E-state index in [9.17, 15) is 15.2 Å². The predicted octanol–water partition coefficient (Wildman–Crippen LogP) is 7.23. The van der Waals surface area contributed by atoms with E-state index in [1.165, 1.54) is 12.1 Å². The van der Waals surface area contributed by atoms with Gasteiger partial charge in [-0.3, -0.25) is 10.1 Å². The average molecular weight is 390 g/mol. The topological polar surface area (TPSA) is 88.1 Å². The Balaban J connectivity index is 2.38. The maximum absolute atomic E-state index is 11.1. The fourth-order valence-electron chi connectivity index (χ4n) is 2.82. The van der Waals surface area contributed by atoms with E-state index in [0.717, 1.165) is 31.2 Å². The Bertz CT molecular complexity index is 850. The highest BCUT2D eigenvalue weighted by Crippen LogP contribution is 2.41. The zero-order valence-electron chi connectivity index (χ0n) is 15.8. The van der Waals surface area contributed by atoms with E-state index in [1.807, 2.05) is 0 Å². The van der Waals surface area contributed by atoms with E-state index >= 15 is 0 Å². The molecule has 0 aliphatic carbocycles. The zero-order chi connectivity index (χ0) is 20.0. The van der Waals surface area contributed by atoms with Crippen LogP contribution in [0, 0.1) is 10.1 Å². The van der Waals surface area contributed by atoms with Crippen molar-refractivity contribution in [3.05, 3.63) is 57.1 Å². The lowest BCUT2D eigenvalue weighted by Crippen LogP contribution is -2.16. The lowest BCUT2D eigenvalue weighted by atomic mass is 9.80. The number of rotatable bonds is 8. The summed E-state index contributed by atoms with van der Waals surface area (Å²) in [4.78, 5) is 10.6. The summed E-state index contributed by atoms with van der Waals surface area (Å²) in [5.74, 6) is -0.188. The number of hydrogen-bond donors (Lipinski definition) is 1. The van der Waals surface area contributed by atoms with Gasteiger partial charge in [-0.25, -0.2) is 0 Å². The third-order valence-electron chi connectivity index (χ3n) is 4.57. The van der Waals surface area contributed by atoms with Crippen molar-refractivity contribution >= 4 is 28.7 Å². The Labute approximate surface area is 164 Å². The van der Waals surface area contributed by atoms with Crippen molar-refractivity contribution in [1.82, 2.24) is 0 Å². The number of nitro benzene ring substituents is 1. The van der Waals surface area contributed by atoms with E-state index < -0.39 is 4.92 Å². The second-order valence-electron chi connectivity index (χ2n) is 7.11. The summed E-state index contributed by atoms with van der Waals surface area (Å²) in [6.07, 6.45) is 4.36. The third-order valence-corrected chi connectivity index (χ3v) is 4.86. The number of aromatic hydroxyl groups is 1. The molecule has 0 saturated heterocycles. The maximum Gasteiger partial charge on any atom is 0.296 e.